The molecule has 2 aromatic carbocycles. The number of hydrogen-bond acceptors (Lipinski definition) is 7. The quantitative estimate of drug-likeness (QED) is 0.350. The number of ether oxygens (including phenoxy) is 1. The van der Waals surface area contributed by atoms with E-state index in [2.05, 4.69) is 20.7 Å². The lowest BCUT2D eigenvalue weighted by Crippen LogP contribution is -2.46. The summed E-state index contributed by atoms with van der Waals surface area (Å²) in [5.74, 6) is 0.664. The van der Waals surface area contributed by atoms with Crippen LogP contribution in [0.25, 0.3) is 11.4 Å². The number of furan rings is 1. The number of tetrazole rings is 1. The van der Waals surface area contributed by atoms with Crippen molar-refractivity contribution in [2.45, 2.75) is 52.3 Å². The molecule has 2 atom stereocenters. The van der Waals surface area contributed by atoms with Gasteiger partial charge in [0, 0.05) is 24.4 Å². The minimum Gasteiger partial charge on any atom is -0.464 e. The van der Waals surface area contributed by atoms with E-state index in [1.54, 1.807) is 25.1 Å². The van der Waals surface area contributed by atoms with Crippen LogP contribution < -0.4 is 10.2 Å². The lowest BCUT2D eigenvalue weighted by molar-refractivity contribution is -0.127. The summed E-state index contributed by atoms with van der Waals surface area (Å²) < 4.78 is 11.6. The van der Waals surface area contributed by atoms with Crippen molar-refractivity contribution in [1.29, 1.82) is 0 Å². The number of amides is 2. The van der Waals surface area contributed by atoms with Crippen LogP contribution in [-0.2, 0) is 20.9 Å². The molecular weight excluding hydrogens is 496 g/mol. The number of hydrogen-bond donors (Lipinski definition) is 1. The summed E-state index contributed by atoms with van der Waals surface area (Å²) in [5.41, 5.74) is 3.42. The molecule has 1 saturated heterocycles. The third-order valence-electron chi connectivity index (χ3n) is 6.65. The molecule has 5 rings (SSSR count). The van der Waals surface area contributed by atoms with Crippen molar-refractivity contribution in [1.82, 2.24) is 25.5 Å². The van der Waals surface area contributed by atoms with Crippen LogP contribution in [-0.4, -0.2) is 51.3 Å². The van der Waals surface area contributed by atoms with Gasteiger partial charge in [-0.05, 0) is 68.7 Å². The van der Waals surface area contributed by atoms with Crippen molar-refractivity contribution < 1.29 is 18.7 Å². The van der Waals surface area contributed by atoms with Gasteiger partial charge in [0.25, 0.3) is 11.8 Å². The molecule has 0 radical (unpaired) electrons. The molecule has 39 heavy (non-hydrogen) atoms. The molecule has 202 valence electrons. The number of aryl methyl sites for hydroxylation is 3. The Morgan fingerprint density at radius 3 is 2.59 bits per heavy atom. The minimum absolute atomic E-state index is 0.0457. The number of rotatable bonds is 9. The van der Waals surface area contributed by atoms with E-state index < -0.39 is 6.04 Å². The first-order valence-electron chi connectivity index (χ1n) is 13.1. The smallest absolute Gasteiger partial charge is 0.251 e. The number of carbonyl (C=O) groups is 2. The van der Waals surface area contributed by atoms with Gasteiger partial charge in [-0.25, -0.2) is 0 Å². The van der Waals surface area contributed by atoms with E-state index >= 15 is 0 Å². The van der Waals surface area contributed by atoms with Gasteiger partial charge < -0.3 is 14.5 Å². The molecular formula is C29H32N6O4. The van der Waals surface area contributed by atoms with Gasteiger partial charge in [0.1, 0.15) is 18.1 Å². The molecule has 10 heteroatoms. The Balaban J connectivity index is 1.46. The highest BCUT2D eigenvalue weighted by molar-refractivity contribution is 6.01. The summed E-state index contributed by atoms with van der Waals surface area (Å²) in [5, 5.41) is 15.6. The van der Waals surface area contributed by atoms with Gasteiger partial charge in [-0.2, -0.15) is 4.80 Å². The Morgan fingerprint density at radius 1 is 1.08 bits per heavy atom. The summed E-state index contributed by atoms with van der Waals surface area (Å²) in [6, 6.07) is 17.6. The summed E-state index contributed by atoms with van der Waals surface area (Å²) in [6.07, 6.45) is 1.80. The van der Waals surface area contributed by atoms with E-state index in [4.69, 9.17) is 9.15 Å². The predicted molar refractivity (Wildman–Crippen MR) is 145 cm³/mol. The maximum atomic E-state index is 14.0. The van der Waals surface area contributed by atoms with E-state index in [9.17, 15) is 9.59 Å². The van der Waals surface area contributed by atoms with E-state index in [0.29, 0.717) is 36.2 Å². The fraction of sp³-hybridized carbons (Fsp3) is 0.345. The standard InChI is InChI=1S/C29H32N6O4/c1-19-9-12-22(13-10-19)28-31-33-34(32-28)18-26(36)35(23-7-4-6-20(2)16-23)27(25-14-11-21(3)39-25)29(37)30-17-24-8-5-15-38-24/h4,6-7,9-14,16,24,27H,5,8,15,17-18H2,1-3H3,(H,30,37)/t24-,27-/m0/s1. The van der Waals surface area contributed by atoms with Crippen molar-refractivity contribution in [2.24, 2.45) is 0 Å². The summed E-state index contributed by atoms with van der Waals surface area (Å²) in [6.45, 7) is 6.56. The van der Waals surface area contributed by atoms with Crippen LogP contribution in [0.5, 0.6) is 0 Å². The topological polar surface area (TPSA) is 115 Å². The average Bonchev–Trinajstić information content (AvgIpc) is 3.69. The third-order valence-corrected chi connectivity index (χ3v) is 6.65. The molecule has 0 unspecified atom stereocenters. The third kappa shape index (κ3) is 6.23. The zero-order valence-corrected chi connectivity index (χ0v) is 22.3. The molecule has 3 heterocycles. The van der Waals surface area contributed by atoms with Crippen molar-refractivity contribution in [3.63, 3.8) is 0 Å². The number of nitrogens with zero attached hydrogens (tertiary/aromatic N) is 5. The van der Waals surface area contributed by atoms with Gasteiger partial charge in [0.15, 0.2) is 6.04 Å². The maximum absolute atomic E-state index is 14.0. The summed E-state index contributed by atoms with van der Waals surface area (Å²) in [4.78, 5) is 30.4. The molecule has 1 N–H and O–H groups in total. The van der Waals surface area contributed by atoms with Gasteiger partial charge in [-0.1, -0.05) is 42.0 Å². The highest BCUT2D eigenvalue weighted by Gasteiger charge is 2.36. The number of aromatic nitrogens is 4. The first-order valence-corrected chi connectivity index (χ1v) is 13.1. The number of anilines is 1. The lowest BCUT2D eigenvalue weighted by Gasteiger charge is -2.30. The van der Waals surface area contributed by atoms with Crippen LogP contribution in [0.2, 0.25) is 0 Å². The average molecular weight is 529 g/mol. The van der Waals surface area contributed by atoms with Crippen LogP contribution in [0.1, 0.15) is 41.5 Å². The van der Waals surface area contributed by atoms with Crippen molar-refractivity contribution in [3.8, 4) is 11.4 Å². The molecule has 1 fully saturated rings. The SMILES string of the molecule is Cc1ccc(-c2nnn(CC(=O)N(c3cccc(C)c3)[C@H](C(=O)NC[C@@H]3CCCO3)c3ccc(C)o3)n2)cc1. The zero-order chi connectivity index (χ0) is 27.4. The van der Waals surface area contributed by atoms with Crippen LogP contribution in [0, 0.1) is 20.8 Å². The molecule has 10 nitrogen and oxygen atoms in total. The molecule has 0 spiro atoms. The number of carbonyl (C=O) groups excluding carboxylic acids is 2. The van der Waals surface area contributed by atoms with E-state index in [0.717, 1.165) is 29.5 Å². The maximum Gasteiger partial charge on any atom is 0.251 e. The van der Waals surface area contributed by atoms with E-state index in [-0.39, 0.29) is 24.5 Å². The molecule has 4 aromatic rings. The van der Waals surface area contributed by atoms with Gasteiger partial charge in [0.2, 0.25) is 5.82 Å². The van der Waals surface area contributed by atoms with Crippen LogP contribution >= 0.6 is 0 Å². The fourth-order valence-electron chi connectivity index (χ4n) is 4.63. The largest absolute Gasteiger partial charge is 0.464 e. The highest BCUT2D eigenvalue weighted by atomic mass is 16.5. The zero-order valence-electron chi connectivity index (χ0n) is 22.3. The van der Waals surface area contributed by atoms with Crippen molar-refractivity contribution in [3.05, 3.63) is 83.3 Å². The first-order chi connectivity index (χ1) is 18.9. The van der Waals surface area contributed by atoms with Gasteiger partial charge in [0.05, 0.1) is 6.10 Å². The lowest BCUT2D eigenvalue weighted by atomic mass is 10.1. The molecule has 1 aliphatic rings. The monoisotopic (exact) mass is 528 g/mol. The molecule has 0 saturated carbocycles. The Hall–Kier alpha value is -4.31. The van der Waals surface area contributed by atoms with Gasteiger partial charge in [-0.3, -0.25) is 14.5 Å². The Labute approximate surface area is 227 Å². The van der Waals surface area contributed by atoms with Crippen molar-refractivity contribution >= 4 is 17.5 Å². The van der Waals surface area contributed by atoms with Crippen LogP contribution in [0.4, 0.5) is 5.69 Å². The minimum atomic E-state index is -1.05. The molecule has 1 aliphatic heterocycles. The van der Waals surface area contributed by atoms with E-state index in [1.807, 2.05) is 56.3 Å². The molecule has 2 aromatic heterocycles. The van der Waals surface area contributed by atoms with E-state index in [1.165, 1.54) is 9.70 Å². The Kier molecular flexibility index (Phi) is 7.83. The Bertz CT molecular complexity index is 1440. The summed E-state index contributed by atoms with van der Waals surface area (Å²) >= 11 is 0. The molecule has 2 amide bonds. The second-order valence-corrected chi connectivity index (χ2v) is 9.84. The Morgan fingerprint density at radius 2 is 1.90 bits per heavy atom. The summed E-state index contributed by atoms with van der Waals surface area (Å²) in [7, 11) is 0. The number of benzene rings is 2. The van der Waals surface area contributed by atoms with Gasteiger partial charge in [-0.15, -0.1) is 10.2 Å². The predicted octanol–water partition coefficient (Wildman–Crippen LogP) is 3.93. The second kappa shape index (κ2) is 11.6. The number of nitrogens with one attached hydrogen (secondary N) is 1. The van der Waals surface area contributed by atoms with Crippen LogP contribution in [0.3, 0.4) is 0 Å². The van der Waals surface area contributed by atoms with Gasteiger partial charge >= 0.3 is 0 Å². The molecule has 0 aliphatic carbocycles. The highest BCUT2D eigenvalue weighted by Crippen LogP contribution is 2.30. The van der Waals surface area contributed by atoms with Crippen molar-refractivity contribution in [2.75, 3.05) is 18.1 Å². The second-order valence-electron chi connectivity index (χ2n) is 9.84. The van der Waals surface area contributed by atoms with Crippen LogP contribution in [0.15, 0.2) is 65.1 Å². The first kappa shape index (κ1) is 26.3. The fourth-order valence-corrected chi connectivity index (χ4v) is 4.63. The normalized spacial score (nSPS) is 15.7. The molecule has 0 bridgehead atoms.